The summed E-state index contributed by atoms with van der Waals surface area (Å²) in [5.74, 6) is 0.536. The molecule has 1 aromatic carbocycles. The zero-order chi connectivity index (χ0) is 14.5. The lowest BCUT2D eigenvalue weighted by atomic mass is 9.96. The van der Waals surface area contributed by atoms with Crippen LogP contribution in [0.15, 0.2) is 42.5 Å². The van der Waals surface area contributed by atoms with Gasteiger partial charge < -0.3 is 11.1 Å². The van der Waals surface area contributed by atoms with E-state index in [1.165, 1.54) is 5.56 Å². The van der Waals surface area contributed by atoms with Crippen LogP contribution >= 0.6 is 0 Å². The van der Waals surface area contributed by atoms with Gasteiger partial charge in [0, 0.05) is 6.04 Å². The fourth-order valence-electron chi connectivity index (χ4n) is 2.64. The highest BCUT2D eigenvalue weighted by molar-refractivity contribution is 5.81. The lowest BCUT2D eigenvalue weighted by Crippen LogP contribution is -2.34. The number of benzene rings is 1. The van der Waals surface area contributed by atoms with Crippen LogP contribution in [-0.4, -0.2) is 11.9 Å². The van der Waals surface area contributed by atoms with Crippen molar-refractivity contribution in [2.24, 2.45) is 17.6 Å². The summed E-state index contributed by atoms with van der Waals surface area (Å²) in [6, 6.07) is 10.3. The Labute approximate surface area is 121 Å². The summed E-state index contributed by atoms with van der Waals surface area (Å²) in [4.78, 5) is 12.3. The van der Waals surface area contributed by atoms with Crippen LogP contribution in [0.3, 0.4) is 0 Å². The Morgan fingerprint density at radius 2 is 2.00 bits per heavy atom. The topological polar surface area (TPSA) is 55.1 Å². The van der Waals surface area contributed by atoms with Crippen LogP contribution in [0.1, 0.15) is 38.3 Å². The molecule has 20 heavy (non-hydrogen) atoms. The van der Waals surface area contributed by atoms with Crippen LogP contribution in [-0.2, 0) is 4.79 Å². The normalized spacial score (nSPS) is 23.0. The fourth-order valence-corrected chi connectivity index (χ4v) is 2.64. The first-order chi connectivity index (χ1) is 9.56. The molecule has 1 aromatic rings. The molecule has 0 aromatic heterocycles. The van der Waals surface area contributed by atoms with E-state index in [0.717, 1.165) is 12.8 Å². The minimum Gasteiger partial charge on any atom is -0.349 e. The third kappa shape index (κ3) is 3.94. The Hall–Kier alpha value is -1.61. The Bertz CT molecular complexity index is 467. The van der Waals surface area contributed by atoms with Crippen molar-refractivity contribution in [1.82, 2.24) is 5.32 Å². The van der Waals surface area contributed by atoms with Gasteiger partial charge in [-0.2, -0.15) is 0 Å². The van der Waals surface area contributed by atoms with E-state index in [1.807, 2.05) is 30.4 Å². The molecule has 0 aliphatic heterocycles. The molecule has 3 heteroatoms. The molecule has 3 unspecified atom stereocenters. The van der Waals surface area contributed by atoms with Crippen LogP contribution in [0.2, 0.25) is 0 Å². The van der Waals surface area contributed by atoms with E-state index in [2.05, 4.69) is 31.3 Å². The zero-order valence-electron chi connectivity index (χ0n) is 12.3. The maximum Gasteiger partial charge on any atom is 0.227 e. The zero-order valence-corrected chi connectivity index (χ0v) is 12.3. The predicted molar refractivity (Wildman–Crippen MR) is 82.0 cm³/mol. The molecule has 0 fully saturated rings. The molecule has 1 aliphatic rings. The number of amides is 1. The molecule has 3 N–H and O–H groups in total. The van der Waals surface area contributed by atoms with E-state index in [9.17, 15) is 4.79 Å². The van der Waals surface area contributed by atoms with Crippen molar-refractivity contribution in [3.63, 3.8) is 0 Å². The molecule has 3 atom stereocenters. The predicted octanol–water partition coefficient (Wildman–Crippen LogP) is 2.79. The van der Waals surface area contributed by atoms with Crippen molar-refractivity contribution in [2.45, 2.75) is 38.8 Å². The highest BCUT2D eigenvalue weighted by Crippen LogP contribution is 2.23. The maximum atomic E-state index is 12.3. The molecule has 0 saturated heterocycles. The molecular formula is C17H24N2O. The highest BCUT2D eigenvalue weighted by Gasteiger charge is 2.25. The van der Waals surface area contributed by atoms with Gasteiger partial charge in [-0.3, -0.25) is 4.79 Å². The summed E-state index contributed by atoms with van der Waals surface area (Å²) < 4.78 is 0. The molecular weight excluding hydrogens is 248 g/mol. The van der Waals surface area contributed by atoms with E-state index in [-0.39, 0.29) is 23.9 Å². The summed E-state index contributed by atoms with van der Waals surface area (Å²) in [6.45, 7) is 4.35. The molecule has 0 spiro atoms. The summed E-state index contributed by atoms with van der Waals surface area (Å²) in [5.41, 5.74) is 6.99. The van der Waals surface area contributed by atoms with Gasteiger partial charge in [-0.15, -0.1) is 0 Å². The minimum absolute atomic E-state index is 0.0195. The van der Waals surface area contributed by atoms with Gasteiger partial charge in [0.1, 0.15) is 0 Å². The van der Waals surface area contributed by atoms with Crippen molar-refractivity contribution in [2.75, 3.05) is 0 Å². The van der Waals surface area contributed by atoms with Gasteiger partial charge in [0.2, 0.25) is 5.91 Å². The lowest BCUT2D eigenvalue weighted by Gasteiger charge is -2.23. The number of carbonyl (C=O) groups is 1. The number of rotatable bonds is 5. The van der Waals surface area contributed by atoms with Crippen LogP contribution < -0.4 is 11.1 Å². The molecule has 0 heterocycles. The minimum atomic E-state index is -0.0802. The number of hydrogen-bond acceptors (Lipinski definition) is 2. The van der Waals surface area contributed by atoms with Gasteiger partial charge in [0.25, 0.3) is 0 Å². The van der Waals surface area contributed by atoms with Gasteiger partial charge in [0.05, 0.1) is 12.0 Å². The van der Waals surface area contributed by atoms with E-state index in [0.29, 0.717) is 5.92 Å². The van der Waals surface area contributed by atoms with E-state index >= 15 is 0 Å². The van der Waals surface area contributed by atoms with E-state index in [1.54, 1.807) is 0 Å². The van der Waals surface area contributed by atoms with Gasteiger partial charge in [-0.25, -0.2) is 0 Å². The van der Waals surface area contributed by atoms with Crippen molar-refractivity contribution >= 4 is 5.91 Å². The summed E-state index contributed by atoms with van der Waals surface area (Å²) in [7, 11) is 0. The van der Waals surface area contributed by atoms with Crippen molar-refractivity contribution in [1.29, 1.82) is 0 Å². The first-order valence-corrected chi connectivity index (χ1v) is 7.35. The van der Waals surface area contributed by atoms with Crippen molar-refractivity contribution in [3.8, 4) is 0 Å². The number of nitrogens with two attached hydrogens (primary N) is 1. The second kappa shape index (κ2) is 6.71. The van der Waals surface area contributed by atoms with Crippen LogP contribution in [0.4, 0.5) is 0 Å². The second-order valence-electron chi connectivity index (χ2n) is 5.99. The number of hydrogen-bond donors (Lipinski definition) is 2. The SMILES string of the molecule is CC(C)CC(NC(=O)C1C=CC(N)C1)c1ccccc1. The van der Waals surface area contributed by atoms with Crippen molar-refractivity contribution < 1.29 is 4.79 Å². The Balaban J connectivity index is 2.04. The standard InChI is InChI=1S/C17H24N2O/c1-12(2)10-16(13-6-4-3-5-7-13)19-17(20)14-8-9-15(18)11-14/h3-9,12,14-16H,10-11,18H2,1-2H3,(H,19,20). The molecule has 2 rings (SSSR count). The third-order valence-electron chi connectivity index (χ3n) is 3.68. The summed E-state index contributed by atoms with van der Waals surface area (Å²) in [5, 5.41) is 3.18. The van der Waals surface area contributed by atoms with Crippen LogP contribution in [0.5, 0.6) is 0 Å². The quantitative estimate of drug-likeness (QED) is 0.810. The third-order valence-corrected chi connectivity index (χ3v) is 3.68. The van der Waals surface area contributed by atoms with Gasteiger partial charge in [-0.05, 0) is 24.3 Å². The molecule has 3 nitrogen and oxygen atoms in total. The first kappa shape index (κ1) is 14.8. The Kier molecular flexibility index (Phi) is 4.96. The Morgan fingerprint density at radius 3 is 2.55 bits per heavy atom. The average molecular weight is 272 g/mol. The summed E-state index contributed by atoms with van der Waals surface area (Å²) >= 11 is 0. The second-order valence-corrected chi connectivity index (χ2v) is 5.99. The highest BCUT2D eigenvalue weighted by atomic mass is 16.1. The first-order valence-electron chi connectivity index (χ1n) is 7.35. The van der Waals surface area contributed by atoms with E-state index in [4.69, 9.17) is 5.73 Å². The molecule has 1 aliphatic carbocycles. The van der Waals surface area contributed by atoms with E-state index < -0.39 is 0 Å². The monoisotopic (exact) mass is 272 g/mol. The molecule has 0 bridgehead atoms. The smallest absolute Gasteiger partial charge is 0.227 e. The molecule has 0 saturated carbocycles. The lowest BCUT2D eigenvalue weighted by molar-refractivity contribution is -0.124. The van der Waals surface area contributed by atoms with Crippen LogP contribution in [0, 0.1) is 11.8 Å². The van der Waals surface area contributed by atoms with Crippen molar-refractivity contribution in [3.05, 3.63) is 48.0 Å². The summed E-state index contributed by atoms with van der Waals surface area (Å²) in [6.07, 6.45) is 5.51. The molecule has 0 radical (unpaired) electrons. The fraction of sp³-hybridized carbons (Fsp3) is 0.471. The number of carbonyl (C=O) groups excluding carboxylic acids is 1. The largest absolute Gasteiger partial charge is 0.349 e. The Morgan fingerprint density at radius 1 is 1.30 bits per heavy atom. The number of nitrogens with one attached hydrogen (secondary N) is 1. The van der Waals surface area contributed by atoms with Gasteiger partial charge >= 0.3 is 0 Å². The van der Waals surface area contributed by atoms with Crippen LogP contribution in [0.25, 0.3) is 0 Å². The molecule has 1 amide bonds. The maximum absolute atomic E-state index is 12.3. The molecule has 108 valence electrons. The van der Waals surface area contributed by atoms with Gasteiger partial charge in [0.15, 0.2) is 0 Å². The van der Waals surface area contributed by atoms with Gasteiger partial charge in [-0.1, -0.05) is 56.3 Å². The average Bonchev–Trinajstić information content (AvgIpc) is 2.85.